The van der Waals surface area contributed by atoms with Crippen LogP contribution in [0.15, 0.2) is 36.4 Å². The molecule has 2 aromatic rings. The molecule has 2 rings (SSSR count). The first-order valence-corrected chi connectivity index (χ1v) is 10.4. The van der Waals surface area contributed by atoms with Crippen molar-refractivity contribution in [3.8, 4) is 11.5 Å². The Morgan fingerprint density at radius 3 is 1.14 bits per heavy atom. The standard InChI is InChI=1S/C26H38O2/c1-17(2)19-11-13-23(21(15-19)25(5,6)7)27-28-24-14-12-20(18(3)4)16-22(24)26(8,9)10/h11-18H,1-10H3. The topological polar surface area (TPSA) is 18.5 Å². The lowest BCUT2D eigenvalue weighted by Gasteiger charge is -2.26. The van der Waals surface area contributed by atoms with Crippen molar-refractivity contribution in [3.05, 3.63) is 58.7 Å². The van der Waals surface area contributed by atoms with Crippen LogP contribution >= 0.6 is 0 Å². The molecule has 0 aliphatic carbocycles. The van der Waals surface area contributed by atoms with E-state index in [1.54, 1.807) is 0 Å². The normalized spacial score (nSPS) is 12.6. The van der Waals surface area contributed by atoms with Crippen molar-refractivity contribution in [1.82, 2.24) is 0 Å². The third kappa shape index (κ3) is 5.31. The molecule has 0 heterocycles. The highest BCUT2D eigenvalue weighted by Crippen LogP contribution is 2.37. The van der Waals surface area contributed by atoms with Crippen molar-refractivity contribution in [1.29, 1.82) is 0 Å². The van der Waals surface area contributed by atoms with Gasteiger partial charge in [0.1, 0.15) is 0 Å². The van der Waals surface area contributed by atoms with Crippen molar-refractivity contribution in [2.75, 3.05) is 0 Å². The molecule has 0 saturated heterocycles. The highest BCUT2D eigenvalue weighted by Gasteiger charge is 2.24. The summed E-state index contributed by atoms with van der Waals surface area (Å²) < 4.78 is 0. The molecule has 28 heavy (non-hydrogen) atoms. The fourth-order valence-corrected chi connectivity index (χ4v) is 3.22. The van der Waals surface area contributed by atoms with Crippen LogP contribution in [0.1, 0.15) is 103 Å². The highest BCUT2D eigenvalue weighted by atomic mass is 17.2. The van der Waals surface area contributed by atoms with Crippen LogP contribution in [0.3, 0.4) is 0 Å². The van der Waals surface area contributed by atoms with Gasteiger partial charge in [0.15, 0.2) is 11.5 Å². The van der Waals surface area contributed by atoms with Gasteiger partial charge in [0.2, 0.25) is 0 Å². The van der Waals surface area contributed by atoms with Crippen LogP contribution in [0.25, 0.3) is 0 Å². The second kappa shape index (κ2) is 8.19. The number of benzene rings is 2. The van der Waals surface area contributed by atoms with Gasteiger partial charge >= 0.3 is 0 Å². The molecule has 0 unspecified atom stereocenters. The summed E-state index contributed by atoms with van der Waals surface area (Å²) in [5.41, 5.74) is 4.89. The fraction of sp³-hybridized carbons (Fsp3) is 0.538. The predicted molar refractivity (Wildman–Crippen MR) is 120 cm³/mol. The van der Waals surface area contributed by atoms with Crippen molar-refractivity contribution in [2.24, 2.45) is 0 Å². The van der Waals surface area contributed by atoms with Gasteiger partial charge in [-0.25, -0.2) is 0 Å². The van der Waals surface area contributed by atoms with E-state index >= 15 is 0 Å². The summed E-state index contributed by atoms with van der Waals surface area (Å²) >= 11 is 0. The molecule has 2 heteroatoms. The first-order valence-electron chi connectivity index (χ1n) is 10.4. The van der Waals surface area contributed by atoms with Crippen LogP contribution in [0.5, 0.6) is 11.5 Å². The van der Waals surface area contributed by atoms with E-state index < -0.39 is 0 Å². The Morgan fingerprint density at radius 1 is 0.571 bits per heavy atom. The van der Waals surface area contributed by atoms with E-state index in [-0.39, 0.29) is 10.8 Å². The van der Waals surface area contributed by atoms with Gasteiger partial charge in [0.25, 0.3) is 0 Å². The highest BCUT2D eigenvalue weighted by molar-refractivity contribution is 5.44. The van der Waals surface area contributed by atoms with E-state index in [2.05, 4.69) is 93.5 Å². The van der Waals surface area contributed by atoms with Crippen molar-refractivity contribution in [2.45, 2.75) is 91.9 Å². The van der Waals surface area contributed by atoms with Gasteiger partial charge < -0.3 is 0 Å². The summed E-state index contributed by atoms with van der Waals surface area (Å²) in [5, 5.41) is 0. The van der Waals surface area contributed by atoms with Gasteiger partial charge in [-0.05, 0) is 45.9 Å². The zero-order valence-electron chi connectivity index (χ0n) is 19.4. The van der Waals surface area contributed by atoms with Crippen LogP contribution in [0.2, 0.25) is 0 Å². The van der Waals surface area contributed by atoms with E-state index in [1.807, 2.05) is 12.1 Å². The van der Waals surface area contributed by atoms with Crippen LogP contribution in [0, 0.1) is 0 Å². The summed E-state index contributed by atoms with van der Waals surface area (Å²) in [7, 11) is 0. The van der Waals surface area contributed by atoms with Gasteiger partial charge in [0.05, 0.1) is 0 Å². The van der Waals surface area contributed by atoms with Gasteiger partial charge in [-0.2, -0.15) is 0 Å². The summed E-state index contributed by atoms with van der Waals surface area (Å²) in [6, 6.07) is 12.8. The van der Waals surface area contributed by atoms with Crippen LogP contribution < -0.4 is 9.78 Å². The molecule has 0 saturated carbocycles. The molecule has 0 spiro atoms. The Labute approximate surface area is 172 Å². The minimum absolute atomic E-state index is 0.0298. The Balaban J connectivity index is 2.39. The lowest BCUT2D eigenvalue weighted by molar-refractivity contribution is -0.103. The molecule has 154 valence electrons. The average Bonchev–Trinajstić information content (AvgIpc) is 2.57. The van der Waals surface area contributed by atoms with Crippen LogP contribution in [-0.2, 0) is 10.8 Å². The zero-order valence-corrected chi connectivity index (χ0v) is 19.4. The third-order valence-corrected chi connectivity index (χ3v) is 5.18. The minimum Gasteiger partial charge on any atom is -0.290 e. The number of hydrogen-bond donors (Lipinski definition) is 0. The minimum atomic E-state index is -0.0298. The summed E-state index contributed by atoms with van der Waals surface area (Å²) in [4.78, 5) is 11.8. The van der Waals surface area contributed by atoms with Crippen molar-refractivity contribution in [3.63, 3.8) is 0 Å². The van der Waals surface area contributed by atoms with Crippen molar-refractivity contribution >= 4 is 0 Å². The number of rotatable bonds is 5. The Hall–Kier alpha value is -1.96. The number of hydrogen-bond acceptors (Lipinski definition) is 2. The molecule has 0 atom stereocenters. The molecule has 0 amide bonds. The van der Waals surface area contributed by atoms with Gasteiger partial charge in [0, 0.05) is 11.1 Å². The fourth-order valence-electron chi connectivity index (χ4n) is 3.22. The maximum absolute atomic E-state index is 5.92. The Kier molecular flexibility index (Phi) is 6.53. The first-order chi connectivity index (χ1) is 12.8. The van der Waals surface area contributed by atoms with Gasteiger partial charge in [-0.15, -0.1) is 0 Å². The second-order valence-electron chi connectivity index (χ2n) is 10.5. The molecule has 0 radical (unpaired) electrons. The molecule has 2 nitrogen and oxygen atoms in total. The molecule has 0 bridgehead atoms. The first kappa shape index (κ1) is 22.3. The van der Waals surface area contributed by atoms with E-state index in [0.717, 1.165) is 22.6 Å². The molecule has 0 aliphatic rings. The maximum Gasteiger partial charge on any atom is 0.182 e. The molecule has 0 N–H and O–H groups in total. The predicted octanol–water partition coefficient (Wildman–Crippen LogP) is 7.90. The monoisotopic (exact) mass is 382 g/mol. The molecular formula is C26H38O2. The Morgan fingerprint density at radius 2 is 0.893 bits per heavy atom. The molecule has 0 aromatic heterocycles. The second-order valence-corrected chi connectivity index (χ2v) is 10.5. The van der Waals surface area contributed by atoms with E-state index in [9.17, 15) is 0 Å². The van der Waals surface area contributed by atoms with Gasteiger partial charge in [-0.3, -0.25) is 9.78 Å². The molecular weight excluding hydrogens is 344 g/mol. The third-order valence-electron chi connectivity index (χ3n) is 5.18. The van der Waals surface area contributed by atoms with E-state index in [1.165, 1.54) is 11.1 Å². The van der Waals surface area contributed by atoms with Crippen LogP contribution in [0.4, 0.5) is 0 Å². The van der Waals surface area contributed by atoms with E-state index in [0.29, 0.717) is 11.8 Å². The lowest BCUT2D eigenvalue weighted by atomic mass is 9.84. The molecule has 2 aromatic carbocycles. The largest absolute Gasteiger partial charge is 0.290 e. The summed E-state index contributed by atoms with van der Waals surface area (Å²) in [6.07, 6.45) is 0. The maximum atomic E-state index is 5.92. The molecule has 0 fully saturated rings. The summed E-state index contributed by atoms with van der Waals surface area (Å²) in [5.74, 6) is 2.52. The molecule has 0 aliphatic heterocycles. The van der Waals surface area contributed by atoms with E-state index in [4.69, 9.17) is 9.78 Å². The zero-order chi connectivity index (χ0) is 21.3. The lowest BCUT2D eigenvalue weighted by Crippen LogP contribution is -2.18. The van der Waals surface area contributed by atoms with Crippen LogP contribution in [-0.4, -0.2) is 0 Å². The quantitative estimate of drug-likeness (QED) is 0.386. The summed E-state index contributed by atoms with van der Waals surface area (Å²) in [6.45, 7) is 22.1. The SMILES string of the molecule is CC(C)c1ccc(OOc2ccc(C(C)C)cc2C(C)(C)C)c(C(C)(C)C)c1. The Bertz CT molecular complexity index is 733. The van der Waals surface area contributed by atoms with Crippen molar-refractivity contribution < 1.29 is 9.78 Å². The smallest absolute Gasteiger partial charge is 0.182 e. The average molecular weight is 383 g/mol. The van der Waals surface area contributed by atoms with Gasteiger partial charge in [-0.1, -0.05) is 93.5 Å².